The average molecular weight is 204 g/mol. The summed E-state index contributed by atoms with van der Waals surface area (Å²) in [6, 6.07) is 0. The van der Waals surface area contributed by atoms with Crippen LogP contribution < -0.4 is 0 Å². The van der Waals surface area contributed by atoms with Crippen molar-refractivity contribution in [2.75, 3.05) is 0 Å². The zero-order valence-corrected chi connectivity index (χ0v) is 9.93. The Morgan fingerprint density at radius 2 is 1.27 bits per heavy atom. The Bertz CT molecular complexity index is 219. The first-order valence-corrected chi connectivity index (χ1v) is 6.85. The van der Waals surface area contributed by atoms with Gasteiger partial charge < -0.3 is 0 Å². The van der Waals surface area contributed by atoms with Crippen molar-refractivity contribution < 1.29 is 0 Å². The lowest BCUT2D eigenvalue weighted by molar-refractivity contribution is 0.305. The first-order valence-electron chi connectivity index (χ1n) is 6.85. The number of hydrogen-bond acceptors (Lipinski definition) is 0. The topological polar surface area (TPSA) is 0 Å². The largest absolute Gasteiger partial charge is 0.120 e. The van der Waals surface area contributed by atoms with Crippen molar-refractivity contribution in [2.24, 2.45) is 11.3 Å². The van der Waals surface area contributed by atoms with E-state index >= 15 is 0 Å². The number of terminal acetylenes is 1. The molecule has 0 aromatic carbocycles. The fourth-order valence-electron chi connectivity index (χ4n) is 3.17. The Balaban J connectivity index is 1.88. The molecule has 84 valence electrons. The highest BCUT2D eigenvalue weighted by atomic mass is 14.5. The second-order valence-corrected chi connectivity index (χ2v) is 5.55. The van der Waals surface area contributed by atoms with Crippen LogP contribution in [0.3, 0.4) is 0 Å². The molecule has 2 rings (SSSR count). The lowest BCUT2D eigenvalue weighted by Crippen LogP contribution is -2.15. The summed E-state index contributed by atoms with van der Waals surface area (Å²) in [5, 5.41) is 0. The Morgan fingerprint density at radius 1 is 0.800 bits per heavy atom. The van der Waals surface area contributed by atoms with Gasteiger partial charge in [-0.1, -0.05) is 50.9 Å². The second kappa shape index (κ2) is 5.06. The van der Waals surface area contributed by atoms with E-state index in [0.29, 0.717) is 5.41 Å². The van der Waals surface area contributed by atoms with Crippen LogP contribution in [0.25, 0.3) is 0 Å². The molecule has 0 radical (unpaired) electrons. The molecule has 0 unspecified atom stereocenters. The van der Waals surface area contributed by atoms with Gasteiger partial charge in [-0.15, -0.1) is 6.42 Å². The van der Waals surface area contributed by atoms with Crippen LogP contribution in [0.1, 0.15) is 70.6 Å². The van der Waals surface area contributed by atoms with E-state index in [1.54, 1.807) is 0 Å². The van der Waals surface area contributed by atoms with E-state index in [1.807, 2.05) is 0 Å². The molecule has 0 atom stereocenters. The maximum atomic E-state index is 5.71. The van der Waals surface area contributed by atoms with Crippen molar-refractivity contribution in [3.63, 3.8) is 0 Å². The summed E-state index contributed by atoms with van der Waals surface area (Å²) in [4.78, 5) is 0. The third kappa shape index (κ3) is 2.77. The standard InChI is InChI=1S/C15H24/c1-2-15(12-13-15)14-10-8-6-4-3-5-7-9-11-14/h1,14H,3-13H2. The van der Waals surface area contributed by atoms with Crippen molar-refractivity contribution in [3.05, 3.63) is 0 Å². The number of rotatable bonds is 1. The molecule has 2 aliphatic carbocycles. The summed E-state index contributed by atoms with van der Waals surface area (Å²) >= 11 is 0. The van der Waals surface area contributed by atoms with Crippen LogP contribution in [-0.2, 0) is 0 Å². The Morgan fingerprint density at radius 3 is 1.67 bits per heavy atom. The molecule has 15 heavy (non-hydrogen) atoms. The fourth-order valence-corrected chi connectivity index (χ4v) is 3.17. The van der Waals surface area contributed by atoms with Crippen LogP contribution >= 0.6 is 0 Å². The summed E-state index contributed by atoms with van der Waals surface area (Å²) in [6.07, 6.45) is 21.3. The predicted octanol–water partition coefficient (Wildman–Crippen LogP) is 4.54. The Hall–Kier alpha value is -0.440. The highest BCUT2D eigenvalue weighted by molar-refractivity contribution is 5.17. The summed E-state index contributed by atoms with van der Waals surface area (Å²) in [5.74, 6) is 3.97. The lowest BCUT2D eigenvalue weighted by Gasteiger charge is -2.23. The molecule has 0 heteroatoms. The number of hydrogen-bond donors (Lipinski definition) is 0. The highest BCUT2D eigenvalue weighted by Gasteiger charge is 2.46. The zero-order valence-electron chi connectivity index (χ0n) is 9.93. The molecule has 0 amide bonds. The van der Waals surface area contributed by atoms with Gasteiger partial charge in [-0.2, -0.15) is 0 Å². The van der Waals surface area contributed by atoms with Crippen molar-refractivity contribution in [1.82, 2.24) is 0 Å². The third-order valence-electron chi connectivity index (χ3n) is 4.46. The van der Waals surface area contributed by atoms with Gasteiger partial charge in [0.2, 0.25) is 0 Å². The Kier molecular flexibility index (Phi) is 3.73. The molecular weight excluding hydrogens is 180 g/mol. The first-order chi connectivity index (χ1) is 7.37. The summed E-state index contributed by atoms with van der Waals surface area (Å²) < 4.78 is 0. The third-order valence-corrected chi connectivity index (χ3v) is 4.46. The first kappa shape index (κ1) is 11.1. The van der Waals surface area contributed by atoms with E-state index in [4.69, 9.17) is 6.42 Å². The van der Waals surface area contributed by atoms with E-state index in [-0.39, 0.29) is 0 Å². The van der Waals surface area contributed by atoms with Gasteiger partial charge in [-0.3, -0.25) is 0 Å². The molecule has 0 N–H and O–H groups in total. The van der Waals surface area contributed by atoms with Crippen LogP contribution in [0.4, 0.5) is 0 Å². The molecule has 2 fully saturated rings. The van der Waals surface area contributed by atoms with Gasteiger partial charge >= 0.3 is 0 Å². The SMILES string of the molecule is C#CC1(C2CCCCCCCCC2)CC1. The average Bonchev–Trinajstić information content (AvgIpc) is 3.07. The van der Waals surface area contributed by atoms with E-state index in [0.717, 1.165) is 5.92 Å². The molecule has 0 saturated heterocycles. The van der Waals surface area contributed by atoms with Gasteiger partial charge in [0.05, 0.1) is 0 Å². The maximum Gasteiger partial charge on any atom is 0.0341 e. The lowest BCUT2D eigenvalue weighted by atomic mass is 9.81. The minimum absolute atomic E-state index is 0.360. The smallest absolute Gasteiger partial charge is 0.0341 e. The highest BCUT2D eigenvalue weighted by Crippen LogP contribution is 2.54. The molecule has 2 saturated carbocycles. The molecule has 0 aromatic rings. The van der Waals surface area contributed by atoms with Crippen LogP contribution in [0, 0.1) is 23.7 Å². The van der Waals surface area contributed by atoms with Gasteiger partial charge in [-0.25, -0.2) is 0 Å². The predicted molar refractivity (Wildman–Crippen MR) is 65.5 cm³/mol. The van der Waals surface area contributed by atoms with E-state index in [9.17, 15) is 0 Å². The molecule has 0 aliphatic heterocycles. The molecule has 0 bridgehead atoms. The van der Waals surface area contributed by atoms with Crippen molar-refractivity contribution >= 4 is 0 Å². The van der Waals surface area contributed by atoms with Crippen molar-refractivity contribution in [2.45, 2.75) is 70.6 Å². The van der Waals surface area contributed by atoms with Gasteiger partial charge in [0.1, 0.15) is 0 Å². The minimum Gasteiger partial charge on any atom is -0.120 e. The minimum atomic E-state index is 0.360. The monoisotopic (exact) mass is 204 g/mol. The molecule has 2 aliphatic rings. The van der Waals surface area contributed by atoms with Gasteiger partial charge in [0.25, 0.3) is 0 Å². The molecule has 0 aromatic heterocycles. The normalized spacial score (nSPS) is 27.9. The van der Waals surface area contributed by atoms with Crippen LogP contribution in [0.5, 0.6) is 0 Å². The van der Waals surface area contributed by atoms with Gasteiger partial charge in [-0.05, 0) is 31.6 Å². The quantitative estimate of drug-likeness (QED) is 0.550. The molecular formula is C15H24. The summed E-state index contributed by atoms with van der Waals surface area (Å²) in [5.41, 5.74) is 0.360. The molecule has 0 nitrogen and oxygen atoms in total. The van der Waals surface area contributed by atoms with Crippen molar-refractivity contribution in [1.29, 1.82) is 0 Å². The van der Waals surface area contributed by atoms with Gasteiger partial charge in [0.15, 0.2) is 0 Å². The fraction of sp³-hybridized carbons (Fsp3) is 0.867. The maximum absolute atomic E-state index is 5.71. The van der Waals surface area contributed by atoms with Crippen LogP contribution in [0.2, 0.25) is 0 Å². The Labute approximate surface area is 94.8 Å². The van der Waals surface area contributed by atoms with E-state index in [2.05, 4.69) is 5.92 Å². The van der Waals surface area contributed by atoms with Crippen LogP contribution in [0.15, 0.2) is 0 Å². The second-order valence-electron chi connectivity index (χ2n) is 5.55. The summed E-state index contributed by atoms with van der Waals surface area (Å²) in [6.45, 7) is 0. The zero-order chi connectivity index (χ0) is 10.6. The molecule has 0 heterocycles. The van der Waals surface area contributed by atoms with Crippen LogP contribution in [-0.4, -0.2) is 0 Å². The van der Waals surface area contributed by atoms with Gasteiger partial charge in [0, 0.05) is 5.41 Å². The van der Waals surface area contributed by atoms with E-state index < -0.39 is 0 Å². The molecule has 0 spiro atoms. The van der Waals surface area contributed by atoms with Crippen molar-refractivity contribution in [3.8, 4) is 12.3 Å². The van der Waals surface area contributed by atoms with E-state index in [1.165, 1.54) is 70.6 Å². The summed E-state index contributed by atoms with van der Waals surface area (Å²) in [7, 11) is 0.